The van der Waals surface area contributed by atoms with E-state index in [9.17, 15) is 4.80 Å². The normalized spacial score (nSPS) is 10.9. The molecule has 51 valence electrons. The lowest BCUT2D eigenvalue weighted by atomic mass is 10.2. The van der Waals surface area contributed by atoms with Crippen LogP contribution in [0.2, 0.25) is 5.54 Å². The molecule has 0 heterocycles. The number of allylic oxidation sites excluding steroid dienone is 2. The van der Waals surface area contributed by atoms with Crippen molar-refractivity contribution >= 4 is 9.76 Å². The van der Waals surface area contributed by atoms with Gasteiger partial charge in [-0.15, -0.1) is 13.2 Å². The van der Waals surface area contributed by atoms with Crippen LogP contribution >= 0.6 is 0 Å². The highest BCUT2D eigenvalue weighted by molar-refractivity contribution is 6.27. The molecule has 0 unspecified atom stereocenters. The lowest BCUT2D eigenvalue weighted by Crippen LogP contribution is -1.98. The highest BCUT2D eigenvalue weighted by Crippen LogP contribution is 2.13. The van der Waals surface area contributed by atoms with Gasteiger partial charge in [0, 0.05) is 0 Å². The fourth-order valence-electron chi connectivity index (χ4n) is 0.704. The smallest absolute Gasteiger partial charge is 0.210 e. The van der Waals surface area contributed by atoms with E-state index in [-0.39, 0.29) is 0 Å². The van der Waals surface area contributed by atoms with Gasteiger partial charge in [0.2, 0.25) is 9.76 Å². The summed E-state index contributed by atoms with van der Waals surface area (Å²) in [6, 6.07) is 0. The van der Waals surface area contributed by atoms with Crippen molar-refractivity contribution in [2.45, 2.75) is 18.4 Å². The standard InChI is InChI=1S/C7H13OSi/c1-3-5-7(9-8)6-4-2/h3-4,7H,1-2,5-6,9H2. The van der Waals surface area contributed by atoms with Gasteiger partial charge in [-0.25, -0.2) is 0 Å². The Balaban J connectivity index is 3.39. The number of hydrogen-bond donors (Lipinski definition) is 0. The van der Waals surface area contributed by atoms with E-state index >= 15 is 0 Å². The maximum atomic E-state index is 10.5. The van der Waals surface area contributed by atoms with Gasteiger partial charge >= 0.3 is 0 Å². The van der Waals surface area contributed by atoms with E-state index in [4.69, 9.17) is 0 Å². The molecule has 0 aliphatic carbocycles. The van der Waals surface area contributed by atoms with Crippen LogP contribution in [0.15, 0.2) is 25.3 Å². The molecule has 0 aliphatic heterocycles. The van der Waals surface area contributed by atoms with Crippen molar-refractivity contribution in [3.63, 3.8) is 0 Å². The van der Waals surface area contributed by atoms with Crippen molar-refractivity contribution in [2.24, 2.45) is 0 Å². The van der Waals surface area contributed by atoms with E-state index in [1.807, 2.05) is 12.2 Å². The molecular weight excluding hydrogens is 128 g/mol. The Morgan fingerprint density at radius 1 is 1.33 bits per heavy atom. The van der Waals surface area contributed by atoms with Crippen LogP contribution in [0, 0.1) is 0 Å². The molecular formula is C7H13OSi. The Morgan fingerprint density at radius 2 is 1.78 bits per heavy atom. The molecule has 0 spiro atoms. The molecule has 0 aromatic heterocycles. The van der Waals surface area contributed by atoms with Crippen LogP contribution in [0.1, 0.15) is 12.8 Å². The topological polar surface area (TPSA) is 19.9 Å². The quantitative estimate of drug-likeness (QED) is 0.408. The van der Waals surface area contributed by atoms with Crippen molar-refractivity contribution in [3.05, 3.63) is 25.3 Å². The molecule has 0 N–H and O–H groups in total. The Kier molecular flexibility index (Phi) is 5.57. The summed E-state index contributed by atoms with van der Waals surface area (Å²) < 4.78 is 0. The number of rotatable bonds is 5. The zero-order valence-electron chi connectivity index (χ0n) is 5.68. The maximum Gasteiger partial charge on any atom is 0.210 e. The summed E-state index contributed by atoms with van der Waals surface area (Å²) in [6.07, 6.45) is 5.39. The molecule has 0 rings (SSSR count). The van der Waals surface area contributed by atoms with Gasteiger partial charge in [0.15, 0.2) is 0 Å². The lowest BCUT2D eigenvalue weighted by molar-refractivity contribution is 0.457. The average molecular weight is 141 g/mol. The van der Waals surface area contributed by atoms with Gasteiger partial charge in [0.1, 0.15) is 0 Å². The van der Waals surface area contributed by atoms with Crippen LogP contribution < -0.4 is 0 Å². The summed E-state index contributed by atoms with van der Waals surface area (Å²) in [5, 5.41) is 0. The van der Waals surface area contributed by atoms with Crippen molar-refractivity contribution in [1.29, 1.82) is 0 Å². The molecule has 0 aliphatic rings. The van der Waals surface area contributed by atoms with Crippen LogP contribution in [0.4, 0.5) is 0 Å². The lowest BCUT2D eigenvalue weighted by Gasteiger charge is -2.03. The van der Waals surface area contributed by atoms with Crippen LogP contribution in [0.25, 0.3) is 0 Å². The average Bonchev–Trinajstić information content (AvgIpc) is 1.88. The molecule has 0 fully saturated rings. The fraction of sp³-hybridized carbons (Fsp3) is 0.429. The molecule has 0 atom stereocenters. The predicted molar refractivity (Wildman–Crippen MR) is 42.6 cm³/mol. The van der Waals surface area contributed by atoms with E-state index in [1.165, 1.54) is 0 Å². The molecule has 9 heavy (non-hydrogen) atoms. The van der Waals surface area contributed by atoms with Crippen LogP contribution in [-0.2, 0) is 4.80 Å². The van der Waals surface area contributed by atoms with Crippen molar-refractivity contribution in [3.8, 4) is 0 Å². The minimum Gasteiger partial charge on any atom is -0.306 e. The Bertz CT molecular complexity index is 80.9. The Labute approximate surface area is 59.0 Å². The summed E-state index contributed by atoms with van der Waals surface area (Å²) in [7, 11) is -1.09. The third-order valence-corrected chi connectivity index (χ3v) is 2.37. The summed E-state index contributed by atoms with van der Waals surface area (Å²) in [4.78, 5) is 10.5. The second-order valence-electron chi connectivity index (χ2n) is 2.08. The zero-order valence-corrected chi connectivity index (χ0v) is 7.09. The SMILES string of the molecule is C=CCC(CC=C)[SiH2][O]. The largest absolute Gasteiger partial charge is 0.306 e. The third-order valence-electron chi connectivity index (χ3n) is 1.24. The monoisotopic (exact) mass is 141 g/mol. The molecule has 0 saturated heterocycles. The summed E-state index contributed by atoms with van der Waals surface area (Å²) in [6.45, 7) is 7.16. The second-order valence-corrected chi connectivity index (χ2v) is 3.57. The van der Waals surface area contributed by atoms with Gasteiger partial charge in [-0.3, -0.25) is 0 Å². The third kappa shape index (κ3) is 4.18. The molecule has 1 radical (unpaired) electrons. The molecule has 0 aromatic carbocycles. The molecule has 0 bridgehead atoms. The predicted octanol–water partition coefficient (Wildman–Crippen LogP) is 1.44. The highest BCUT2D eigenvalue weighted by atomic mass is 28.2. The Hall–Kier alpha value is -0.343. The van der Waals surface area contributed by atoms with Gasteiger partial charge in [-0.1, -0.05) is 12.2 Å². The van der Waals surface area contributed by atoms with Crippen molar-refractivity contribution in [1.82, 2.24) is 0 Å². The van der Waals surface area contributed by atoms with Crippen LogP contribution in [0.5, 0.6) is 0 Å². The van der Waals surface area contributed by atoms with Crippen LogP contribution in [-0.4, -0.2) is 9.76 Å². The second kappa shape index (κ2) is 5.79. The van der Waals surface area contributed by atoms with E-state index in [0.717, 1.165) is 12.8 Å². The molecule has 1 nitrogen and oxygen atoms in total. The maximum absolute atomic E-state index is 10.5. The molecule has 0 saturated carbocycles. The van der Waals surface area contributed by atoms with Gasteiger partial charge in [-0.05, 0) is 18.4 Å². The first-order valence-corrected chi connectivity index (χ1v) is 4.54. The molecule has 0 aromatic rings. The van der Waals surface area contributed by atoms with E-state index in [0.29, 0.717) is 5.54 Å². The van der Waals surface area contributed by atoms with Gasteiger partial charge in [0.05, 0.1) is 0 Å². The van der Waals surface area contributed by atoms with E-state index in [1.54, 1.807) is 0 Å². The first-order valence-electron chi connectivity index (χ1n) is 3.15. The minimum atomic E-state index is -1.09. The molecule has 2 heteroatoms. The van der Waals surface area contributed by atoms with Gasteiger partial charge in [-0.2, -0.15) is 0 Å². The zero-order chi connectivity index (χ0) is 7.11. The summed E-state index contributed by atoms with van der Waals surface area (Å²) in [5.74, 6) is 0. The van der Waals surface area contributed by atoms with E-state index in [2.05, 4.69) is 13.2 Å². The first-order chi connectivity index (χ1) is 4.35. The van der Waals surface area contributed by atoms with Crippen LogP contribution in [0.3, 0.4) is 0 Å². The van der Waals surface area contributed by atoms with E-state index < -0.39 is 9.76 Å². The van der Waals surface area contributed by atoms with Crippen molar-refractivity contribution < 1.29 is 4.80 Å². The fourth-order valence-corrected chi connectivity index (χ4v) is 1.45. The summed E-state index contributed by atoms with van der Waals surface area (Å²) in [5.41, 5.74) is 0.361. The minimum absolute atomic E-state index is 0.361. The number of hydrogen-bond acceptors (Lipinski definition) is 0. The van der Waals surface area contributed by atoms with Crippen molar-refractivity contribution in [2.75, 3.05) is 0 Å². The molecule has 0 amide bonds. The summed E-state index contributed by atoms with van der Waals surface area (Å²) >= 11 is 0. The van der Waals surface area contributed by atoms with Gasteiger partial charge in [0.25, 0.3) is 0 Å². The highest BCUT2D eigenvalue weighted by Gasteiger charge is 2.02. The van der Waals surface area contributed by atoms with Gasteiger partial charge < -0.3 is 4.80 Å². The Morgan fingerprint density at radius 3 is 2.00 bits per heavy atom. The first kappa shape index (κ1) is 8.66.